The maximum atomic E-state index is 6.48. The number of hydrogen-bond donors (Lipinski definition) is 0. The topological polar surface area (TPSA) is 20.8 Å². The van der Waals surface area contributed by atoms with Crippen molar-refractivity contribution in [2.24, 2.45) is 0 Å². The molecule has 0 amide bonds. The molecule has 13 aromatic rings. The van der Waals surface area contributed by atoms with E-state index in [1.165, 1.54) is 87.9 Å². The summed E-state index contributed by atoms with van der Waals surface area (Å²) in [7, 11) is 0. The molecule has 0 atom stereocenters. The number of furan rings is 1. The Morgan fingerprint density at radius 2 is 1.08 bits per heavy atom. The predicted octanol–water partition coefficient (Wildman–Crippen LogP) is 17.0. The van der Waals surface area contributed by atoms with E-state index < -0.39 is 0 Å². The molecule has 3 aromatic heterocycles. The molecule has 0 aliphatic heterocycles. The molecule has 0 bridgehead atoms. The highest BCUT2D eigenvalue weighted by Gasteiger charge is 2.37. The van der Waals surface area contributed by atoms with Crippen molar-refractivity contribution in [1.29, 1.82) is 0 Å². The Bertz CT molecular complexity index is 4020. The number of para-hydroxylation sites is 3. The first-order valence-corrected chi connectivity index (χ1v) is 22.3. The number of benzene rings is 10. The van der Waals surface area contributed by atoms with Gasteiger partial charge >= 0.3 is 0 Å². The van der Waals surface area contributed by atoms with E-state index in [-0.39, 0.29) is 5.41 Å². The molecule has 1 aliphatic carbocycles. The number of nitrogens with zero attached hydrogens (tertiary/aromatic N) is 2. The SMILES string of the molecule is CC1(C)c2ccccc2-c2c(N(c3ccc(-c4ccc5c(c4)c4ccc6cccc7c8ccccc8n5c4c67)cc3)c3ccc(-c4cccc5c4oc4ccccc45)cc3)cccc21. The second-order valence-corrected chi connectivity index (χ2v) is 18.0. The lowest BCUT2D eigenvalue weighted by Gasteiger charge is -2.29. The zero-order valence-corrected chi connectivity index (χ0v) is 35.4. The molecule has 300 valence electrons. The number of pyridine rings is 1. The van der Waals surface area contributed by atoms with E-state index in [1.54, 1.807) is 0 Å². The van der Waals surface area contributed by atoms with Crippen LogP contribution in [0.5, 0.6) is 0 Å². The summed E-state index contributed by atoms with van der Waals surface area (Å²) < 4.78 is 8.96. The third-order valence-corrected chi connectivity index (χ3v) is 14.3. The van der Waals surface area contributed by atoms with E-state index in [4.69, 9.17) is 4.42 Å². The average molecular weight is 817 g/mol. The lowest BCUT2D eigenvalue weighted by molar-refractivity contribution is 0.660. The van der Waals surface area contributed by atoms with E-state index in [0.717, 1.165) is 44.4 Å². The summed E-state index contributed by atoms with van der Waals surface area (Å²) in [4.78, 5) is 2.44. The Labute approximate surface area is 370 Å². The van der Waals surface area contributed by atoms with Gasteiger partial charge < -0.3 is 13.7 Å². The van der Waals surface area contributed by atoms with Gasteiger partial charge in [0.05, 0.1) is 22.2 Å². The number of rotatable bonds is 5. The second kappa shape index (κ2) is 12.9. The minimum Gasteiger partial charge on any atom is -0.455 e. The van der Waals surface area contributed by atoms with E-state index >= 15 is 0 Å². The summed E-state index contributed by atoms with van der Waals surface area (Å²) in [6.45, 7) is 4.71. The van der Waals surface area contributed by atoms with E-state index in [2.05, 4.69) is 223 Å². The normalized spacial score (nSPS) is 13.3. The summed E-state index contributed by atoms with van der Waals surface area (Å²) in [5.74, 6) is 0. The smallest absolute Gasteiger partial charge is 0.143 e. The van der Waals surface area contributed by atoms with Gasteiger partial charge in [-0.1, -0.05) is 166 Å². The first kappa shape index (κ1) is 35.5. The number of aromatic nitrogens is 1. The van der Waals surface area contributed by atoms with Gasteiger partial charge in [-0.3, -0.25) is 0 Å². The molecule has 0 saturated heterocycles. The van der Waals surface area contributed by atoms with Crippen LogP contribution in [0, 0.1) is 0 Å². The van der Waals surface area contributed by atoms with E-state index in [9.17, 15) is 0 Å². The van der Waals surface area contributed by atoms with Crippen molar-refractivity contribution < 1.29 is 4.42 Å². The lowest BCUT2D eigenvalue weighted by atomic mass is 9.82. The molecule has 3 nitrogen and oxygen atoms in total. The van der Waals surface area contributed by atoms with Gasteiger partial charge in [-0.2, -0.15) is 0 Å². The van der Waals surface area contributed by atoms with Crippen molar-refractivity contribution in [3.05, 3.63) is 217 Å². The van der Waals surface area contributed by atoms with Crippen molar-refractivity contribution in [1.82, 2.24) is 4.40 Å². The highest BCUT2D eigenvalue weighted by atomic mass is 16.3. The molecule has 0 fully saturated rings. The van der Waals surface area contributed by atoms with Crippen molar-refractivity contribution in [2.75, 3.05) is 4.90 Å². The Morgan fingerprint density at radius 1 is 0.438 bits per heavy atom. The zero-order chi connectivity index (χ0) is 42.3. The molecule has 3 heteroatoms. The molecule has 1 aliphatic rings. The molecule has 0 saturated carbocycles. The van der Waals surface area contributed by atoms with Gasteiger partial charge in [0.25, 0.3) is 0 Å². The fourth-order valence-electron chi connectivity index (χ4n) is 11.3. The minimum absolute atomic E-state index is 0.121. The number of anilines is 3. The maximum absolute atomic E-state index is 6.48. The van der Waals surface area contributed by atoms with E-state index in [0.29, 0.717) is 0 Å². The van der Waals surface area contributed by atoms with Crippen LogP contribution in [-0.4, -0.2) is 4.40 Å². The predicted molar refractivity (Wildman–Crippen MR) is 269 cm³/mol. The molecular formula is C61H40N2O. The molecule has 0 N–H and O–H groups in total. The van der Waals surface area contributed by atoms with Gasteiger partial charge in [-0.15, -0.1) is 0 Å². The Morgan fingerprint density at radius 3 is 1.94 bits per heavy atom. The Kier molecular flexibility index (Phi) is 7.17. The fraction of sp³-hybridized carbons (Fsp3) is 0.0492. The third kappa shape index (κ3) is 4.81. The van der Waals surface area contributed by atoms with Crippen molar-refractivity contribution in [3.8, 4) is 33.4 Å². The summed E-state index contributed by atoms with van der Waals surface area (Å²) in [6.07, 6.45) is 0. The second-order valence-electron chi connectivity index (χ2n) is 18.0. The average Bonchev–Trinajstić information content (AvgIpc) is 3.98. The van der Waals surface area contributed by atoms with Crippen LogP contribution in [-0.2, 0) is 5.41 Å². The molecule has 0 radical (unpaired) electrons. The first-order valence-electron chi connectivity index (χ1n) is 22.3. The van der Waals surface area contributed by atoms with Gasteiger partial charge in [-0.25, -0.2) is 0 Å². The summed E-state index contributed by atoms with van der Waals surface area (Å²) in [5.41, 5.74) is 18.7. The maximum Gasteiger partial charge on any atom is 0.143 e. The van der Waals surface area contributed by atoms with Crippen LogP contribution in [0.3, 0.4) is 0 Å². The van der Waals surface area contributed by atoms with Crippen LogP contribution in [0.1, 0.15) is 25.0 Å². The van der Waals surface area contributed by atoms with Gasteiger partial charge in [0, 0.05) is 60.2 Å². The Balaban J connectivity index is 0.919. The van der Waals surface area contributed by atoms with E-state index in [1.807, 2.05) is 6.07 Å². The Hall–Kier alpha value is -8.14. The highest BCUT2D eigenvalue weighted by Crippen LogP contribution is 2.54. The molecule has 0 spiro atoms. The number of hydrogen-bond acceptors (Lipinski definition) is 2. The van der Waals surface area contributed by atoms with Gasteiger partial charge in [0.15, 0.2) is 0 Å². The summed E-state index contributed by atoms with van der Waals surface area (Å²) >= 11 is 0. The van der Waals surface area contributed by atoms with Crippen LogP contribution in [0.25, 0.3) is 104 Å². The van der Waals surface area contributed by atoms with Gasteiger partial charge in [0.1, 0.15) is 11.2 Å². The van der Waals surface area contributed by atoms with Crippen LogP contribution in [0.2, 0.25) is 0 Å². The largest absolute Gasteiger partial charge is 0.455 e. The monoisotopic (exact) mass is 816 g/mol. The van der Waals surface area contributed by atoms with Crippen molar-refractivity contribution in [3.63, 3.8) is 0 Å². The van der Waals surface area contributed by atoms with Crippen LogP contribution >= 0.6 is 0 Å². The molecule has 14 rings (SSSR count). The quantitative estimate of drug-likeness (QED) is 0.127. The van der Waals surface area contributed by atoms with Crippen molar-refractivity contribution in [2.45, 2.75) is 19.3 Å². The van der Waals surface area contributed by atoms with Crippen molar-refractivity contribution >= 4 is 87.9 Å². The minimum atomic E-state index is -0.121. The summed E-state index contributed by atoms with van der Waals surface area (Å²) in [6, 6.07) is 75.9. The molecule has 10 aromatic carbocycles. The highest BCUT2D eigenvalue weighted by molar-refractivity contribution is 6.28. The lowest BCUT2D eigenvalue weighted by Crippen LogP contribution is -2.16. The van der Waals surface area contributed by atoms with Gasteiger partial charge in [-0.05, 0) is 98.8 Å². The summed E-state index contributed by atoms with van der Waals surface area (Å²) in [5, 5.41) is 10.0. The van der Waals surface area contributed by atoms with Crippen LogP contribution < -0.4 is 4.90 Å². The number of fused-ring (bicyclic) bond motifs is 12. The van der Waals surface area contributed by atoms with Crippen LogP contribution in [0.4, 0.5) is 17.1 Å². The molecule has 64 heavy (non-hydrogen) atoms. The fourth-order valence-corrected chi connectivity index (χ4v) is 11.3. The van der Waals surface area contributed by atoms with Gasteiger partial charge in [0.2, 0.25) is 0 Å². The molecule has 3 heterocycles. The third-order valence-electron chi connectivity index (χ3n) is 14.3. The molecular weight excluding hydrogens is 777 g/mol. The molecule has 0 unspecified atom stereocenters. The first-order chi connectivity index (χ1) is 31.5. The standard InChI is InChI=1S/C61H40N2O/c1-61(2)51-19-6-3-15-49(51)58-52(61)20-11-22-55(58)62(42-32-26-38(27-33-42)43-16-10-18-48-45-14-5-8-23-56(45)64-60(43)48)41-30-24-37(25-31-41)40-29-35-54-50(36-40)47-34-28-39-12-9-17-46-44-13-4-7-21-53(44)63(54)59(47)57(39)46/h3-36H,1-2H3. The zero-order valence-electron chi connectivity index (χ0n) is 35.4. The van der Waals surface area contributed by atoms with Crippen LogP contribution in [0.15, 0.2) is 211 Å².